The molecule has 0 aromatic heterocycles. The van der Waals surface area contributed by atoms with Crippen LogP contribution in [0.3, 0.4) is 0 Å². The molecule has 1 aliphatic carbocycles. The van der Waals surface area contributed by atoms with Crippen LogP contribution >= 0.6 is 37.0 Å². The van der Waals surface area contributed by atoms with E-state index in [0.29, 0.717) is 0 Å². The highest BCUT2D eigenvalue weighted by molar-refractivity contribution is 8.06. The number of hydrogen-bond acceptors (Lipinski definition) is 1. The standard InChI is InChI=1S/C20H21Cl2NP2/c1-23(2)15-18-19(13-14-20(18)25(21)22)24(16-9-5-3-6-10-16)17-11-7-4-8-12-17/h3-14,18H,15H2,1-2H3. The lowest BCUT2D eigenvalue weighted by Gasteiger charge is -2.29. The van der Waals surface area contributed by atoms with Crippen LogP contribution in [-0.2, 0) is 0 Å². The van der Waals surface area contributed by atoms with Crippen LogP contribution in [0.1, 0.15) is 0 Å². The Morgan fingerprint density at radius 1 is 0.800 bits per heavy atom. The summed E-state index contributed by atoms with van der Waals surface area (Å²) in [5, 5.41) is 5.33. The summed E-state index contributed by atoms with van der Waals surface area (Å²) in [5.74, 6) is 0.280. The second-order valence-electron chi connectivity index (χ2n) is 6.24. The first kappa shape index (κ1) is 19.1. The van der Waals surface area contributed by atoms with Crippen molar-refractivity contribution in [3.8, 4) is 0 Å². The van der Waals surface area contributed by atoms with Crippen LogP contribution in [0, 0.1) is 5.92 Å². The third-order valence-corrected chi connectivity index (χ3v) is 8.80. The molecule has 25 heavy (non-hydrogen) atoms. The molecule has 1 aliphatic rings. The van der Waals surface area contributed by atoms with Gasteiger partial charge in [0.05, 0.1) is 0 Å². The fourth-order valence-electron chi connectivity index (χ4n) is 3.11. The average molecular weight is 408 g/mol. The maximum Gasteiger partial charge on any atom is 0.113 e. The number of benzene rings is 2. The fraction of sp³-hybridized carbons (Fsp3) is 0.200. The highest BCUT2D eigenvalue weighted by atomic mass is 35.9. The molecule has 0 radical (unpaired) electrons. The Hall–Kier alpha value is -0.680. The van der Waals surface area contributed by atoms with Gasteiger partial charge in [-0.2, -0.15) is 0 Å². The summed E-state index contributed by atoms with van der Waals surface area (Å²) >= 11 is 12.7. The van der Waals surface area contributed by atoms with Crippen molar-refractivity contribution in [2.75, 3.05) is 20.6 Å². The summed E-state index contributed by atoms with van der Waals surface area (Å²) < 4.78 is 0. The number of rotatable bonds is 6. The lowest BCUT2D eigenvalue weighted by atomic mass is 10.1. The zero-order valence-electron chi connectivity index (χ0n) is 14.3. The minimum Gasteiger partial charge on any atom is -0.308 e. The molecule has 0 amide bonds. The molecule has 0 saturated carbocycles. The van der Waals surface area contributed by atoms with E-state index in [1.807, 2.05) is 0 Å². The van der Waals surface area contributed by atoms with Gasteiger partial charge in [-0.3, -0.25) is 0 Å². The molecule has 1 nitrogen and oxygen atoms in total. The summed E-state index contributed by atoms with van der Waals surface area (Å²) in [4.78, 5) is 2.22. The van der Waals surface area contributed by atoms with Crippen LogP contribution in [0.4, 0.5) is 0 Å². The van der Waals surface area contributed by atoms with Crippen LogP contribution in [0.5, 0.6) is 0 Å². The van der Waals surface area contributed by atoms with E-state index in [4.69, 9.17) is 22.5 Å². The highest BCUT2D eigenvalue weighted by Crippen LogP contribution is 2.63. The van der Waals surface area contributed by atoms with Gasteiger partial charge in [0, 0.05) is 12.5 Å². The zero-order chi connectivity index (χ0) is 17.8. The van der Waals surface area contributed by atoms with Gasteiger partial charge in [-0.25, -0.2) is 0 Å². The maximum absolute atomic E-state index is 6.34. The predicted octanol–water partition coefficient (Wildman–Crippen LogP) is 5.87. The van der Waals surface area contributed by atoms with Crippen molar-refractivity contribution in [3.63, 3.8) is 0 Å². The Kier molecular flexibility index (Phi) is 6.73. The first-order valence-electron chi connectivity index (χ1n) is 8.16. The predicted molar refractivity (Wildman–Crippen MR) is 116 cm³/mol. The molecule has 0 N–H and O–H groups in total. The number of nitrogens with zero attached hydrogens (tertiary/aromatic N) is 1. The first-order chi connectivity index (χ1) is 12.1. The largest absolute Gasteiger partial charge is 0.308 e. The van der Waals surface area contributed by atoms with Crippen molar-refractivity contribution < 1.29 is 0 Å². The van der Waals surface area contributed by atoms with Gasteiger partial charge < -0.3 is 4.90 Å². The molecule has 1 atom stereocenters. The Balaban J connectivity index is 2.04. The molecule has 0 aliphatic heterocycles. The summed E-state index contributed by atoms with van der Waals surface area (Å²) in [5.41, 5.74) is 0. The van der Waals surface area contributed by atoms with Crippen molar-refractivity contribution in [3.05, 3.63) is 83.4 Å². The van der Waals surface area contributed by atoms with Crippen LogP contribution in [0.15, 0.2) is 83.4 Å². The van der Waals surface area contributed by atoms with Crippen molar-refractivity contribution in [2.24, 2.45) is 5.92 Å². The van der Waals surface area contributed by atoms with Gasteiger partial charge in [-0.1, -0.05) is 95.3 Å². The van der Waals surface area contributed by atoms with Gasteiger partial charge in [0.1, 0.15) is 6.63 Å². The molecular weight excluding hydrogens is 387 g/mol. The van der Waals surface area contributed by atoms with Gasteiger partial charge in [0.2, 0.25) is 0 Å². The van der Waals surface area contributed by atoms with Gasteiger partial charge >= 0.3 is 0 Å². The van der Waals surface area contributed by atoms with Crippen LogP contribution in [-0.4, -0.2) is 25.5 Å². The fourth-order valence-corrected chi connectivity index (χ4v) is 7.49. The summed E-state index contributed by atoms with van der Waals surface area (Å²) in [6.45, 7) is -0.198. The minimum absolute atomic E-state index is 0.280. The van der Waals surface area contributed by atoms with Gasteiger partial charge in [0.15, 0.2) is 0 Å². The van der Waals surface area contributed by atoms with Crippen LogP contribution in [0.2, 0.25) is 0 Å². The lowest BCUT2D eigenvalue weighted by Crippen LogP contribution is -2.25. The lowest BCUT2D eigenvalue weighted by molar-refractivity contribution is 0.383. The van der Waals surface area contributed by atoms with Gasteiger partial charge in [0.25, 0.3) is 0 Å². The monoisotopic (exact) mass is 407 g/mol. The molecule has 0 spiro atoms. The molecule has 0 saturated heterocycles. The Bertz CT molecular complexity index is 718. The van der Waals surface area contributed by atoms with E-state index < -0.39 is 14.5 Å². The second kappa shape index (κ2) is 8.81. The van der Waals surface area contributed by atoms with Crippen molar-refractivity contribution in [1.82, 2.24) is 4.90 Å². The zero-order valence-corrected chi connectivity index (χ0v) is 17.6. The van der Waals surface area contributed by atoms with E-state index in [2.05, 4.69) is 91.8 Å². The second-order valence-corrected chi connectivity index (χ2v) is 12.0. The molecule has 3 rings (SSSR count). The molecule has 1 unspecified atom stereocenters. The molecule has 0 bridgehead atoms. The van der Waals surface area contributed by atoms with Crippen LogP contribution < -0.4 is 10.6 Å². The summed E-state index contributed by atoms with van der Waals surface area (Å²) in [7, 11) is 3.61. The molecule has 5 heteroatoms. The van der Waals surface area contributed by atoms with Gasteiger partial charge in [-0.05, 0) is 43.3 Å². The smallest absolute Gasteiger partial charge is 0.113 e. The summed E-state index contributed by atoms with van der Waals surface area (Å²) in [6, 6.07) is 21.5. The quantitative estimate of drug-likeness (QED) is 0.541. The Morgan fingerprint density at radius 3 is 1.72 bits per heavy atom. The third-order valence-electron chi connectivity index (χ3n) is 4.17. The molecule has 2 aromatic carbocycles. The molecule has 0 heterocycles. The minimum atomic E-state index is -1.12. The Labute approximate surface area is 162 Å². The normalized spacial score (nSPS) is 17.3. The molecule has 130 valence electrons. The molecular formula is C20H21Cl2NP2. The highest BCUT2D eigenvalue weighted by Gasteiger charge is 2.33. The molecule has 0 fully saturated rings. The number of hydrogen-bond donors (Lipinski definition) is 0. The van der Waals surface area contributed by atoms with Crippen molar-refractivity contribution in [1.29, 1.82) is 0 Å². The topological polar surface area (TPSA) is 3.24 Å². The van der Waals surface area contributed by atoms with E-state index >= 15 is 0 Å². The van der Waals surface area contributed by atoms with Crippen LogP contribution in [0.25, 0.3) is 0 Å². The third kappa shape index (κ3) is 4.54. The van der Waals surface area contributed by atoms with E-state index in [9.17, 15) is 0 Å². The van der Waals surface area contributed by atoms with E-state index in [-0.39, 0.29) is 5.92 Å². The first-order valence-corrected chi connectivity index (χ1v) is 12.7. The summed E-state index contributed by atoms with van der Waals surface area (Å²) in [6.07, 6.45) is 4.41. The van der Waals surface area contributed by atoms with Crippen molar-refractivity contribution >= 4 is 47.6 Å². The average Bonchev–Trinajstić information content (AvgIpc) is 3.00. The maximum atomic E-state index is 6.34. The number of allylic oxidation sites excluding steroid dienone is 2. The SMILES string of the molecule is CN(C)CC1C(P(Cl)Cl)=CC=C1P(c1ccccc1)c1ccccc1. The Morgan fingerprint density at radius 2 is 1.28 bits per heavy atom. The van der Waals surface area contributed by atoms with E-state index in [0.717, 1.165) is 6.54 Å². The van der Waals surface area contributed by atoms with Gasteiger partial charge in [-0.15, -0.1) is 0 Å². The van der Waals surface area contributed by atoms with E-state index in [1.165, 1.54) is 21.2 Å². The number of halogens is 2. The molecule has 2 aromatic rings. The van der Waals surface area contributed by atoms with E-state index in [1.54, 1.807) is 0 Å². The van der Waals surface area contributed by atoms with Crippen molar-refractivity contribution in [2.45, 2.75) is 0 Å².